The third kappa shape index (κ3) is 3.89. The zero-order valence-electron chi connectivity index (χ0n) is 10.1. The maximum absolute atomic E-state index is 11.0. The highest BCUT2D eigenvalue weighted by molar-refractivity contribution is 9.10. The van der Waals surface area contributed by atoms with Gasteiger partial charge in [0.1, 0.15) is 6.61 Å². The molecule has 0 saturated carbocycles. The first kappa shape index (κ1) is 13.8. The highest BCUT2D eigenvalue weighted by Crippen LogP contribution is 2.33. The number of aldehydes is 1. The van der Waals surface area contributed by atoms with Crippen LogP contribution in [-0.4, -0.2) is 20.0 Å². The minimum absolute atomic E-state index is 0.418. The monoisotopic (exact) mass is 298 g/mol. The molecule has 0 radical (unpaired) electrons. The van der Waals surface area contributed by atoms with Crippen LogP contribution in [0.2, 0.25) is 0 Å². The van der Waals surface area contributed by atoms with Crippen molar-refractivity contribution in [2.75, 3.05) is 13.7 Å². The standard InChI is InChI=1S/C13H15BrO3/c1-9(2)4-5-17-13-10(8-15)6-11(14)7-12(13)16-3/h4,6-8H,5H2,1-3H3. The topological polar surface area (TPSA) is 35.5 Å². The average Bonchev–Trinajstić information content (AvgIpc) is 2.29. The summed E-state index contributed by atoms with van der Waals surface area (Å²) in [6.45, 7) is 4.40. The lowest BCUT2D eigenvalue weighted by Crippen LogP contribution is -2.00. The first-order valence-electron chi connectivity index (χ1n) is 5.17. The summed E-state index contributed by atoms with van der Waals surface area (Å²) in [4.78, 5) is 11.0. The number of benzene rings is 1. The molecular weight excluding hydrogens is 284 g/mol. The zero-order chi connectivity index (χ0) is 12.8. The molecule has 0 amide bonds. The van der Waals surface area contributed by atoms with E-state index in [0.717, 1.165) is 16.3 Å². The van der Waals surface area contributed by atoms with Crippen LogP contribution in [-0.2, 0) is 0 Å². The summed E-state index contributed by atoms with van der Waals surface area (Å²) in [6.07, 6.45) is 2.70. The molecular formula is C13H15BrO3. The van der Waals surface area contributed by atoms with Crippen LogP contribution in [0.5, 0.6) is 11.5 Å². The summed E-state index contributed by atoms with van der Waals surface area (Å²) < 4.78 is 11.5. The predicted molar refractivity (Wildman–Crippen MR) is 71.0 cm³/mol. The largest absolute Gasteiger partial charge is 0.493 e. The predicted octanol–water partition coefficient (Wildman–Crippen LogP) is 3.62. The minimum atomic E-state index is 0.418. The third-order valence-electron chi connectivity index (χ3n) is 2.11. The summed E-state index contributed by atoms with van der Waals surface area (Å²) in [7, 11) is 1.55. The number of rotatable bonds is 5. The van der Waals surface area contributed by atoms with Gasteiger partial charge < -0.3 is 9.47 Å². The van der Waals surface area contributed by atoms with Crippen molar-refractivity contribution in [2.45, 2.75) is 13.8 Å². The summed E-state index contributed by atoms with van der Waals surface area (Å²) in [5.74, 6) is 1.02. The second kappa shape index (κ2) is 6.45. The van der Waals surface area contributed by atoms with Crippen molar-refractivity contribution in [2.24, 2.45) is 0 Å². The van der Waals surface area contributed by atoms with Gasteiger partial charge in [0.05, 0.1) is 12.7 Å². The van der Waals surface area contributed by atoms with Gasteiger partial charge >= 0.3 is 0 Å². The molecule has 0 aliphatic heterocycles. The lowest BCUT2D eigenvalue weighted by Gasteiger charge is -2.12. The molecule has 0 fully saturated rings. The Morgan fingerprint density at radius 3 is 2.65 bits per heavy atom. The number of allylic oxidation sites excluding steroid dienone is 1. The van der Waals surface area contributed by atoms with Crippen molar-refractivity contribution in [3.05, 3.63) is 33.8 Å². The van der Waals surface area contributed by atoms with Gasteiger partial charge in [0.2, 0.25) is 0 Å². The van der Waals surface area contributed by atoms with Gasteiger partial charge in [-0.3, -0.25) is 4.79 Å². The van der Waals surface area contributed by atoms with Crippen molar-refractivity contribution in [1.82, 2.24) is 0 Å². The van der Waals surface area contributed by atoms with E-state index in [-0.39, 0.29) is 0 Å². The van der Waals surface area contributed by atoms with Gasteiger partial charge in [0, 0.05) is 4.47 Å². The van der Waals surface area contributed by atoms with E-state index in [9.17, 15) is 4.79 Å². The first-order valence-corrected chi connectivity index (χ1v) is 5.96. The van der Waals surface area contributed by atoms with E-state index >= 15 is 0 Å². The van der Waals surface area contributed by atoms with Gasteiger partial charge in [-0.1, -0.05) is 21.5 Å². The molecule has 0 N–H and O–H groups in total. The lowest BCUT2D eigenvalue weighted by atomic mass is 10.2. The molecule has 0 aliphatic carbocycles. The van der Waals surface area contributed by atoms with E-state index in [0.29, 0.717) is 23.7 Å². The Balaban J connectivity index is 3.02. The molecule has 0 aromatic heterocycles. The summed E-state index contributed by atoms with van der Waals surface area (Å²) in [5.41, 5.74) is 1.63. The van der Waals surface area contributed by atoms with E-state index in [1.54, 1.807) is 19.2 Å². The number of methoxy groups -OCH3 is 1. The molecule has 1 rings (SSSR count). The molecule has 0 bridgehead atoms. The Kier molecular flexibility index (Phi) is 5.22. The van der Waals surface area contributed by atoms with E-state index in [4.69, 9.17) is 9.47 Å². The fourth-order valence-electron chi connectivity index (χ4n) is 1.27. The highest BCUT2D eigenvalue weighted by atomic mass is 79.9. The molecule has 4 heteroatoms. The maximum Gasteiger partial charge on any atom is 0.172 e. The van der Waals surface area contributed by atoms with Gasteiger partial charge in [-0.15, -0.1) is 0 Å². The second-order valence-electron chi connectivity index (χ2n) is 3.74. The van der Waals surface area contributed by atoms with E-state index in [2.05, 4.69) is 15.9 Å². The van der Waals surface area contributed by atoms with Crippen molar-refractivity contribution in [3.8, 4) is 11.5 Å². The van der Waals surface area contributed by atoms with Crippen molar-refractivity contribution >= 4 is 22.2 Å². The van der Waals surface area contributed by atoms with Gasteiger partial charge in [0.25, 0.3) is 0 Å². The molecule has 17 heavy (non-hydrogen) atoms. The van der Waals surface area contributed by atoms with Gasteiger partial charge in [0.15, 0.2) is 17.8 Å². The van der Waals surface area contributed by atoms with E-state index < -0.39 is 0 Å². The zero-order valence-corrected chi connectivity index (χ0v) is 11.7. The SMILES string of the molecule is COc1cc(Br)cc(C=O)c1OCC=C(C)C. The molecule has 0 heterocycles. The number of carbonyl (C=O) groups excluding carboxylic acids is 1. The number of hydrogen-bond acceptors (Lipinski definition) is 3. The van der Waals surface area contributed by atoms with Crippen molar-refractivity contribution < 1.29 is 14.3 Å². The molecule has 92 valence electrons. The number of halogens is 1. The molecule has 0 unspecified atom stereocenters. The quantitative estimate of drug-likeness (QED) is 0.615. The first-order chi connectivity index (χ1) is 8.08. The van der Waals surface area contributed by atoms with Crippen LogP contribution >= 0.6 is 15.9 Å². The molecule has 1 aromatic rings. The fourth-order valence-corrected chi connectivity index (χ4v) is 1.73. The average molecular weight is 299 g/mol. The Bertz CT molecular complexity index is 435. The maximum atomic E-state index is 11.0. The summed E-state index contributed by atoms with van der Waals surface area (Å²) in [6, 6.07) is 3.47. The number of hydrogen-bond donors (Lipinski definition) is 0. The minimum Gasteiger partial charge on any atom is -0.493 e. The van der Waals surface area contributed by atoms with Gasteiger partial charge in [-0.25, -0.2) is 0 Å². The van der Waals surface area contributed by atoms with Crippen LogP contribution in [0.1, 0.15) is 24.2 Å². The van der Waals surface area contributed by atoms with Gasteiger partial charge in [-0.05, 0) is 32.1 Å². The van der Waals surface area contributed by atoms with Crippen LogP contribution in [0.15, 0.2) is 28.3 Å². The molecule has 1 aromatic carbocycles. The summed E-state index contributed by atoms with van der Waals surface area (Å²) >= 11 is 3.31. The second-order valence-corrected chi connectivity index (χ2v) is 4.65. The number of carbonyl (C=O) groups is 1. The van der Waals surface area contributed by atoms with Gasteiger partial charge in [-0.2, -0.15) is 0 Å². The Morgan fingerprint density at radius 1 is 1.41 bits per heavy atom. The van der Waals surface area contributed by atoms with E-state index in [1.807, 2.05) is 19.9 Å². The highest BCUT2D eigenvalue weighted by Gasteiger charge is 2.11. The third-order valence-corrected chi connectivity index (χ3v) is 2.57. The number of ether oxygens (including phenoxy) is 2. The van der Waals surface area contributed by atoms with Crippen LogP contribution in [0, 0.1) is 0 Å². The smallest absolute Gasteiger partial charge is 0.172 e. The van der Waals surface area contributed by atoms with E-state index in [1.165, 1.54) is 0 Å². The molecule has 0 atom stereocenters. The van der Waals surface area contributed by atoms with Crippen LogP contribution in [0.3, 0.4) is 0 Å². The van der Waals surface area contributed by atoms with Crippen LogP contribution < -0.4 is 9.47 Å². The molecule has 0 aliphatic rings. The van der Waals surface area contributed by atoms with Crippen LogP contribution in [0.4, 0.5) is 0 Å². The van der Waals surface area contributed by atoms with Crippen molar-refractivity contribution in [1.29, 1.82) is 0 Å². The molecule has 0 saturated heterocycles. The van der Waals surface area contributed by atoms with Crippen LogP contribution in [0.25, 0.3) is 0 Å². The normalized spacial score (nSPS) is 9.65. The summed E-state index contributed by atoms with van der Waals surface area (Å²) in [5, 5.41) is 0. The molecule has 0 spiro atoms. The fraction of sp³-hybridized carbons (Fsp3) is 0.308. The Labute approximate surface area is 110 Å². The Morgan fingerprint density at radius 2 is 2.12 bits per heavy atom. The van der Waals surface area contributed by atoms with Crippen molar-refractivity contribution in [3.63, 3.8) is 0 Å². The molecule has 3 nitrogen and oxygen atoms in total. The Hall–Kier alpha value is -1.29. The lowest BCUT2D eigenvalue weighted by molar-refractivity contribution is 0.111.